The number of para-hydroxylation sites is 1. The molecular formula is C29H36N8O7S2. The molecule has 3 rings (SSSR count). The molecule has 2 aromatic rings. The minimum Gasteiger partial charge on any atom is -0.481 e. The maximum Gasteiger partial charge on any atom is 0.305 e. The normalized spacial score (nSPS) is 19.0. The topological polar surface area (TPSA) is 224 Å². The molecule has 0 bridgehead atoms. The van der Waals surface area contributed by atoms with E-state index in [4.69, 9.17) is 5.73 Å². The quantitative estimate of drug-likeness (QED) is 0.0962. The number of nitrogens with one attached hydrogen (secondary N) is 5. The van der Waals surface area contributed by atoms with Crippen LogP contribution in [0.4, 0.5) is 5.69 Å². The van der Waals surface area contributed by atoms with E-state index in [1.165, 1.54) is 40.6 Å². The number of fused-ring (bicyclic) bond motifs is 2. The number of amides is 5. The Bertz CT molecular complexity index is 1490. The van der Waals surface area contributed by atoms with E-state index in [-0.39, 0.29) is 18.9 Å². The predicted molar refractivity (Wildman–Crippen MR) is 174 cm³/mol. The highest BCUT2D eigenvalue weighted by atomic mass is 33.1. The van der Waals surface area contributed by atoms with Crippen molar-refractivity contribution in [2.45, 2.75) is 41.1 Å². The van der Waals surface area contributed by atoms with Crippen LogP contribution in [0.1, 0.15) is 29.6 Å². The second-order valence-electron chi connectivity index (χ2n) is 10.0. The summed E-state index contributed by atoms with van der Waals surface area (Å²) in [4.78, 5) is 83.2. The Labute approximate surface area is 273 Å². The van der Waals surface area contributed by atoms with Crippen LogP contribution in [0.3, 0.4) is 0 Å². The number of aliphatic imine (C=N–C) groups is 1. The number of aliphatic carboxylic acids is 1. The number of hydrogen-bond donors (Lipinski definition) is 7. The van der Waals surface area contributed by atoms with Gasteiger partial charge in [0.1, 0.15) is 12.1 Å². The number of guanidine groups is 1. The lowest BCUT2D eigenvalue weighted by atomic mass is 10.1. The van der Waals surface area contributed by atoms with E-state index in [9.17, 15) is 33.9 Å². The van der Waals surface area contributed by atoms with Gasteiger partial charge in [-0.3, -0.25) is 33.8 Å². The summed E-state index contributed by atoms with van der Waals surface area (Å²) >= 11 is 0. The number of carbonyl (C=O) groups excluding carboxylic acids is 5. The van der Waals surface area contributed by atoms with E-state index >= 15 is 0 Å². The Morgan fingerprint density at radius 3 is 2.35 bits per heavy atom. The van der Waals surface area contributed by atoms with Crippen molar-refractivity contribution in [1.82, 2.24) is 26.2 Å². The molecule has 2 atom stereocenters. The second-order valence-corrected chi connectivity index (χ2v) is 12.3. The Morgan fingerprint density at radius 2 is 1.63 bits per heavy atom. The lowest BCUT2D eigenvalue weighted by Gasteiger charge is -2.23. The van der Waals surface area contributed by atoms with Crippen molar-refractivity contribution in [3.63, 3.8) is 0 Å². The summed E-state index contributed by atoms with van der Waals surface area (Å²) in [5.41, 5.74) is 6.34. The summed E-state index contributed by atoms with van der Waals surface area (Å²) in [6.07, 6.45) is -0.199. The van der Waals surface area contributed by atoms with E-state index in [1.54, 1.807) is 48.5 Å². The first-order valence-corrected chi connectivity index (χ1v) is 16.3. The average molecular weight is 673 g/mol. The molecular weight excluding hydrogens is 637 g/mol. The molecule has 8 N–H and O–H groups in total. The molecule has 46 heavy (non-hydrogen) atoms. The number of nitrogens with two attached hydrogens (primary N) is 1. The van der Waals surface area contributed by atoms with Crippen LogP contribution in [0.25, 0.3) is 0 Å². The highest BCUT2D eigenvalue weighted by Crippen LogP contribution is 2.42. The van der Waals surface area contributed by atoms with Crippen molar-refractivity contribution >= 4 is 68.7 Å². The van der Waals surface area contributed by atoms with Crippen LogP contribution in [0.15, 0.2) is 63.3 Å². The third-order valence-electron chi connectivity index (χ3n) is 6.53. The number of carbonyl (C=O) groups is 6. The minimum atomic E-state index is -1.46. The standard InChI is InChI=1S/C29H36N8O7S2/c1-31-29(30)32-13-7-10-19-26(42)33-15-23(38)35-20(14-25(40)41)27(43)36-18-9-4-6-12-22(18)46-45-21-11-5-3-8-17(21)28(44)37(2)16-24(39)34-19/h3-6,8-9,11-12,19-20H,7,10,13-16H2,1-2H3,(H,33,42)(H,34,39)(H,35,38)(H,36,43)(H,40,41)(H3,30,31,32)/t19-,20-/m0/s1. The monoisotopic (exact) mass is 672 g/mol. The van der Waals surface area contributed by atoms with Gasteiger partial charge in [0, 0.05) is 30.4 Å². The molecule has 0 spiro atoms. The van der Waals surface area contributed by atoms with E-state index in [0.717, 1.165) is 0 Å². The fourth-order valence-corrected chi connectivity index (χ4v) is 6.50. The first-order chi connectivity index (χ1) is 22.0. The maximum atomic E-state index is 13.4. The maximum absolute atomic E-state index is 13.4. The zero-order valence-electron chi connectivity index (χ0n) is 25.2. The SMILES string of the molecule is CN=C(N)NCCC[C@@H]1NC(=O)CN(C)C(=O)c2ccccc2SSc2ccccc2NC(=O)[C@H](CC(=O)O)NC(=O)CNC1=O. The Kier molecular flexibility index (Phi) is 13.7. The molecule has 15 nitrogen and oxygen atoms in total. The molecule has 0 radical (unpaired) electrons. The van der Waals surface area contributed by atoms with Crippen LogP contribution < -0.4 is 32.3 Å². The number of rotatable bonds is 6. The minimum absolute atomic E-state index is 0.140. The average Bonchev–Trinajstić information content (AvgIpc) is 3.03. The molecule has 0 aliphatic carbocycles. The number of carboxylic acid groups (broad SMARTS) is 1. The highest BCUT2D eigenvalue weighted by Gasteiger charge is 2.27. The Hall–Kier alpha value is -4.77. The molecule has 0 saturated carbocycles. The Balaban J connectivity index is 1.91. The molecule has 0 saturated heterocycles. The van der Waals surface area contributed by atoms with Crippen LogP contribution in [0, 0.1) is 0 Å². The van der Waals surface area contributed by atoms with Gasteiger partial charge in [-0.2, -0.15) is 0 Å². The third kappa shape index (κ3) is 11.0. The molecule has 0 fully saturated rings. The first kappa shape index (κ1) is 35.7. The summed E-state index contributed by atoms with van der Waals surface area (Å²) in [5, 5.41) is 22.3. The molecule has 0 unspecified atom stereocenters. The van der Waals surface area contributed by atoms with Crippen molar-refractivity contribution in [3.05, 3.63) is 54.1 Å². The Morgan fingerprint density at radius 1 is 0.978 bits per heavy atom. The largest absolute Gasteiger partial charge is 0.481 e. The molecule has 0 aromatic heterocycles. The second kappa shape index (κ2) is 17.6. The van der Waals surface area contributed by atoms with Gasteiger partial charge in [-0.15, -0.1) is 0 Å². The smallest absolute Gasteiger partial charge is 0.305 e. The van der Waals surface area contributed by atoms with Crippen LogP contribution >= 0.6 is 21.6 Å². The van der Waals surface area contributed by atoms with Gasteiger partial charge in [0.05, 0.1) is 30.8 Å². The molecule has 246 valence electrons. The van der Waals surface area contributed by atoms with Gasteiger partial charge in [-0.05, 0) is 37.1 Å². The van der Waals surface area contributed by atoms with Gasteiger partial charge in [-0.25, -0.2) is 0 Å². The third-order valence-corrected chi connectivity index (χ3v) is 9.01. The zero-order valence-corrected chi connectivity index (χ0v) is 26.8. The fourth-order valence-electron chi connectivity index (χ4n) is 4.19. The van der Waals surface area contributed by atoms with Gasteiger partial charge < -0.3 is 42.3 Å². The van der Waals surface area contributed by atoms with Crippen molar-refractivity contribution in [3.8, 4) is 0 Å². The predicted octanol–water partition coefficient (Wildman–Crippen LogP) is 0.385. The summed E-state index contributed by atoms with van der Waals surface area (Å²) < 4.78 is 0. The first-order valence-electron chi connectivity index (χ1n) is 14.1. The molecule has 1 aliphatic rings. The number of benzene rings is 2. The van der Waals surface area contributed by atoms with Gasteiger partial charge in [0.2, 0.25) is 23.6 Å². The lowest BCUT2D eigenvalue weighted by molar-refractivity contribution is -0.140. The van der Waals surface area contributed by atoms with E-state index < -0.39 is 60.6 Å². The number of nitrogens with zero attached hydrogens (tertiary/aromatic N) is 2. The van der Waals surface area contributed by atoms with E-state index in [1.807, 2.05) is 0 Å². The van der Waals surface area contributed by atoms with Gasteiger partial charge >= 0.3 is 5.97 Å². The number of likely N-dealkylation sites (N-methyl/N-ethyl adjacent to an activating group) is 1. The fraction of sp³-hybridized carbons (Fsp3) is 0.345. The van der Waals surface area contributed by atoms with Crippen LogP contribution in [0.2, 0.25) is 0 Å². The number of carboxylic acids is 1. The van der Waals surface area contributed by atoms with Crippen molar-refractivity contribution < 1.29 is 33.9 Å². The molecule has 2 aromatic carbocycles. The zero-order chi connectivity index (χ0) is 33.6. The number of hydrogen-bond acceptors (Lipinski definition) is 9. The number of anilines is 1. The van der Waals surface area contributed by atoms with Crippen molar-refractivity contribution in [2.24, 2.45) is 10.7 Å². The molecule has 1 aliphatic heterocycles. The van der Waals surface area contributed by atoms with Crippen LogP contribution in [-0.4, -0.2) is 97.3 Å². The lowest BCUT2D eigenvalue weighted by Crippen LogP contribution is -2.53. The molecule has 17 heteroatoms. The van der Waals surface area contributed by atoms with Gasteiger partial charge in [-0.1, -0.05) is 45.9 Å². The van der Waals surface area contributed by atoms with Gasteiger partial charge in [0.25, 0.3) is 5.91 Å². The van der Waals surface area contributed by atoms with E-state index in [2.05, 4.69) is 31.6 Å². The molecule has 5 amide bonds. The summed E-state index contributed by atoms with van der Waals surface area (Å²) in [7, 11) is 5.48. The van der Waals surface area contributed by atoms with Gasteiger partial charge in [0.15, 0.2) is 5.96 Å². The van der Waals surface area contributed by atoms with E-state index in [0.29, 0.717) is 34.0 Å². The summed E-state index contributed by atoms with van der Waals surface area (Å²) in [6.45, 7) is -0.613. The van der Waals surface area contributed by atoms with Crippen molar-refractivity contribution in [2.75, 3.05) is 39.0 Å². The van der Waals surface area contributed by atoms with Crippen molar-refractivity contribution in [1.29, 1.82) is 0 Å². The highest BCUT2D eigenvalue weighted by molar-refractivity contribution is 8.76. The van der Waals surface area contributed by atoms with Crippen LogP contribution in [0.5, 0.6) is 0 Å². The van der Waals surface area contributed by atoms with Crippen LogP contribution in [-0.2, 0) is 24.0 Å². The summed E-state index contributed by atoms with van der Waals surface area (Å²) in [6, 6.07) is 11.1. The molecule has 1 heterocycles. The summed E-state index contributed by atoms with van der Waals surface area (Å²) in [5.74, 6) is -4.46.